The SMILES string of the molecule is Cc1ccc(S(N)(=O)=O)cc1C(=O)OC(C(N)=O)c1ccccc1. The van der Waals surface area contributed by atoms with Crippen LogP contribution in [0, 0.1) is 6.92 Å². The molecule has 0 aliphatic heterocycles. The van der Waals surface area contributed by atoms with Gasteiger partial charge in [0.1, 0.15) is 0 Å². The fourth-order valence-corrected chi connectivity index (χ4v) is 2.63. The lowest BCUT2D eigenvalue weighted by molar-refractivity contribution is -0.127. The van der Waals surface area contributed by atoms with Gasteiger partial charge in [-0.05, 0) is 24.6 Å². The van der Waals surface area contributed by atoms with E-state index >= 15 is 0 Å². The second-order valence-electron chi connectivity index (χ2n) is 5.12. The number of hydrogen-bond acceptors (Lipinski definition) is 5. The minimum atomic E-state index is -3.97. The summed E-state index contributed by atoms with van der Waals surface area (Å²) in [5, 5.41) is 5.06. The van der Waals surface area contributed by atoms with Crippen LogP contribution in [-0.4, -0.2) is 20.3 Å². The van der Waals surface area contributed by atoms with E-state index in [1.54, 1.807) is 37.3 Å². The third-order valence-electron chi connectivity index (χ3n) is 3.34. The van der Waals surface area contributed by atoms with Gasteiger partial charge in [0.25, 0.3) is 5.91 Å². The number of esters is 1. The molecule has 0 spiro atoms. The van der Waals surface area contributed by atoms with Gasteiger partial charge in [-0.3, -0.25) is 4.79 Å². The Balaban J connectivity index is 2.36. The Morgan fingerprint density at radius 2 is 1.71 bits per heavy atom. The maximum atomic E-state index is 12.4. The maximum absolute atomic E-state index is 12.4. The Morgan fingerprint density at radius 3 is 2.25 bits per heavy atom. The largest absolute Gasteiger partial charge is 0.444 e. The van der Waals surface area contributed by atoms with Crippen LogP contribution in [0.1, 0.15) is 27.6 Å². The normalized spacial score (nSPS) is 12.4. The summed E-state index contributed by atoms with van der Waals surface area (Å²) in [6.45, 7) is 1.60. The highest BCUT2D eigenvalue weighted by atomic mass is 32.2. The van der Waals surface area contributed by atoms with E-state index in [9.17, 15) is 18.0 Å². The van der Waals surface area contributed by atoms with E-state index < -0.39 is 28.0 Å². The van der Waals surface area contributed by atoms with Crippen LogP contribution in [0.4, 0.5) is 0 Å². The van der Waals surface area contributed by atoms with Crippen LogP contribution in [0.3, 0.4) is 0 Å². The minimum Gasteiger partial charge on any atom is -0.444 e. The lowest BCUT2D eigenvalue weighted by atomic mass is 10.1. The van der Waals surface area contributed by atoms with Crippen LogP contribution in [0.5, 0.6) is 0 Å². The molecule has 2 aromatic carbocycles. The van der Waals surface area contributed by atoms with E-state index in [0.717, 1.165) is 6.07 Å². The van der Waals surface area contributed by atoms with E-state index in [0.29, 0.717) is 11.1 Å². The van der Waals surface area contributed by atoms with Crippen molar-refractivity contribution < 1.29 is 22.7 Å². The smallest absolute Gasteiger partial charge is 0.339 e. The number of nitrogens with two attached hydrogens (primary N) is 2. The van der Waals surface area contributed by atoms with Crippen LogP contribution in [0.15, 0.2) is 53.4 Å². The first-order chi connectivity index (χ1) is 11.2. The van der Waals surface area contributed by atoms with Crippen molar-refractivity contribution in [3.63, 3.8) is 0 Å². The van der Waals surface area contributed by atoms with Crippen LogP contribution in [0.25, 0.3) is 0 Å². The predicted molar refractivity (Wildman–Crippen MR) is 86.3 cm³/mol. The fraction of sp³-hybridized carbons (Fsp3) is 0.125. The highest BCUT2D eigenvalue weighted by Gasteiger charge is 2.24. The maximum Gasteiger partial charge on any atom is 0.339 e. The number of rotatable bonds is 5. The first-order valence-electron chi connectivity index (χ1n) is 6.89. The van der Waals surface area contributed by atoms with Gasteiger partial charge in [-0.25, -0.2) is 18.4 Å². The molecule has 24 heavy (non-hydrogen) atoms. The van der Waals surface area contributed by atoms with Crippen LogP contribution in [0.2, 0.25) is 0 Å². The zero-order valence-corrected chi connectivity index (χ0v) is 13.6. The summed E-state index contributed by atoms with van der Waals surface area (Å²) < 4.78 is 28.0. The van der Waals surface area contributed by atoms with E-state index in [2.05, 4.69) is 0 Å². The summed E-state index contributed by atoms with van der Waals surface area (Å²) in [7, 11) is -3.97. The molecule has 1 unspecified atom stereocenters. The third-order valence-corrected chi connectivity index (χ3v) is 4.25. The van der Waals surface area contributed by atoms with Crippen molar-refractivity contribution >= 4 is 21.9 Å². The van der Waals surface area contributed by atoms with E-state index in [1.807, 2.05) is 0 Å². The van der Waals surface area contributed by atoms with E-state index in [1.165, 1.54) is 12.1 Å². The molecule has 0 aromatic heterocycles. The van der Waals surface area contributed by atoms with Gasteiger partial charge in [0.15, 0.2) is 0 Å². The topological polar surface area (TPSA) is 130 Å². The summed E-state index contributed by atoms with van der Waals surface area (Å²) in [4.78, 5) is 23.7. The number of hydrogen-bond donors (Lipinski definition) is 2. The number of benzene rings is 2. The minimum absolute atomic E-state index is 0.0105. The molecule has 1 atom stereocenters. The summed E-state index contributed by atoms with van der Waals surface area (Å²) >= 11 is 0. The lowest BCUT2D eigenvalue weighted by Gasteiger charge is -2.16. The van der Waals surface area contributed by atoms with E-state index in [4.69, 9.17) is 15.6 Å². The monoisotopic (exact) mass is 348 g/mol. The third kappa shape index (κ3) is 3.98. The second kappa shape index (κ2) is 6.81. The highest BCUT2D eigenvalue weighted by Crippen LogP contribution is 2.21. The van der Waals surface area contributed by atoms with Crippen LogP contribution >= 0.6 is 0 Å². The molecule has 1 amide bonds. The molecule has 2 rings (SSSR count). The molecule has 0 fully saturated rings. The van der Waals surface area contributed by atoms with Crippen molar-refractivity contribution in [3.8, 4) is 0 Å². The average Bonchev–Trinajstić information content (AvgIpc) is 2.52. The number of ether oxygens (including phenoxy) is 1. The van der Waals surface area contributed by atoms with Gasteiger partial charge >= 0.3 is 5.97 Å². The Hall–Kier alpha value is -2.71. The quantitative estimate of drug-likeness (QED) is 0.779. The molecule has 2 aromatic rings. The van der Waals surface area contributed by atoms with Gasteiger partial charge < -0.3 is 10.5 Å². The molecule has 7 nitrogen and oxygen atoms in total. The van der Waals surface area contributed by atoms with Gasteiger partial charge in [-0.1, -0.05) is 36.4 Å². The van der Waals surface area contributed by atoms with Crippen molar-refractivity contribution in [1.29, 1.82) is 0 Å². The Kier molecular flexibility index (Phi) is 5.01. The number of primary sulfonamides is 1. The zero-order chi connectivity index (χ0) is 17.9. The number of amides is 1. The van der Waals surface area contributed by atoms with Gasteiger partial charge in [-0.15, -0.1) is 0 Å². The Morgan fingerprint density at radius 1 is 1.08 bits per heavy atom. The first kappa shape index (κ1) is 17.6. The molecule has 0 aliphatic carbocycles. The van der Waals surface area contributed by atoms with Crippen molar-refractivity contribution in [2.24, 2.45) is 10.9 Å². The predicted octanol–water partition coefficient (Wildman–Crippen LogP) is 1.03. The molecule has 0 aliphatic rings. The molecule has 4 N–H and O–H groups in total. The van der Waals surface area contributed by atoms with Crippen molar-refractivity contribution in [1.82, 2.24) is 0 Å². The van der Waals surface area contributed by atoms with Gasteiger partial charge in [-0.2, -0.15) is 0 Å². The second-order valence-corrected chi connectivity index (χ2v) is 6.68. The summed E-state index contributed by atoms with van der Waals surface area (Å²) in [5.41, 5.74) is 6.18. The summed E-state index contributed by atoms with van der Waals surface area (Å²) in [6, 6.07) is 12.1. The lowest BCUT2D eigenvalue weighted by Crippen LogP contribution is -2.26. The molecular weight excluding hydrogens is 332 g/mol. The molecule has 126 valence electrons. The van der Waals surface area contributed by atoms with Crippen molar-refractivity contribution in [2.45, 2.75) is 17.9 Å². The number of carbonyl (C=O) groups is 2. The van der Waals surface area contributed by atoms with Gasteiger partial charge in [0.05, 0.1) is 10.5 Å². The van der Waals surface area contributed by atoms with Gasteiger partial charge in [0, 0.05) is 5.56 Å². The molecule has 0 heterocycles. The number of primary amides is 1. The number of sulfonamides is 1. The molecule has 0 saturated carbocycles. The summed E-state index contributed by atoms with van der Waals surface area (Å²) in [6.07, 6.45) is -1.28. The first-order valence-corrected chi connectivity index (χ1v) is 8.43. The highest BCUT2D eigenvalue weighted by molar-refractivity contribution is 7.89. The number of aryl methyl sites for hydroxylation is 1. The molecule has 8 heteroatoms. The standard InChI is InChI=1S/C16H16N2O5S/c1-10-7-8-12(24(18,21)22)9-13(10)16(20)23-14(15(17)19)11-5-3-2-4-6-11/h2-9,14H,1H3,(H2,17,19)(H2,18,21,22). The molecule has 0 bridgehead atoms. The molecule has 0 saturated heterocycles. The van der Waals surface area contributed by atoms with Crippen molar-refractivity contribution in [2.75, 3.05) is 0 Å². The zero-order valence-electron chi connectivity index (χ0n) is 12.8. The van der Waals surface area contributed by atoms with Crippen LogP contribution < -0.4 is 10.9 Å². The van der Waals surface area contributed by atoms with Gasteiger partial charge in [0.2, 0.25) is 16.1 Å². The Labute approximate surface area is 139 Å². The molecule has 0 radical (unpaired) electrons. The van der Waals surface area contributed by atoms with Crippen molar-refractivity contribution in [3.05, 3.63) is 65.2 Å². The Bertz CT molecular complexity index is 879. The van der Waals surface area contributed by atoms with E-state index in [-0.39, 0.29) is 10.5 Å². The summed E-state index contributed by atoms with van der Waals surface area (Å²) in [5.74, 6) is -1.71. The average molecular weight is 348 g/mol. The molecular formula is C16H16N2O5S. The number of carbonyl (C=O) groups excluding carboxylic acids is 2. The van der Waals surface area contributed by atoms with Crippen LogP contribution in [-0.2, 0) is 19.6 Å². The fourth-order valence-electron chi connectivity index (χ4n) is 2.09.